The predicted octanol–water partition coefficient (Wildman–Crippen LogP) is 4.19. The van der Waals surface area contributed by atoms with Crippen LogP contribution < -0.4 is 14.8 Å². The summed E-state index contributed by atoms with van der Waals surface area (Å²) in [4.78, 5) is 13.9. The molecule has 0 aliphatic rings. The molecule has 0 aliphatic heterocycles. The third-order valence-electron chi connectivity index (χ3n) is 3.96. The molecule has 2 N–H and O–H groups in total. The molecule has 1 amide bonds. The summed E-state index contributed by atoms with van der Waals surface area (Å²) < 4.78 is 30.4. The Kier molecular flexibility index (Phi) is 6.68. The van der Waals surface area contributed by atoms with Crippen molar-refractivity contribution in [2.75, 3.05) is 18.1 Å². The van der Waals surface area contributed by atoms with Crippen LogP contribution in [0.15, 0.2) is 60.7 Å². The highest BCUT2D eigenvalue weighted by Gasteiger charge is 2.10. The fourth-order valence-electron chi connectivity index (χ4n) is 2.61. The predicted molar refractivity (Wildman–Crippen MR) is 117 cm³/mol. The van der Waals surface area contributed by atoms with E-state index in [2.05, 4.69) is 10.0 Å². The molecular weight excluding hydrogens is 408 g/mol. The molecule has 0 bridgehead atoms. The maximum atomic E-state index is 12.4. The number of benzene rings is 2. The van der Waals surface area contributed by atoms with Crippen molar-refractivity contribution < 1.29 is 17.9 Å². The minimum atomic E-state index is -3.21. The van der Waals surface area contributed by atoms with Crippen molar-refractivity contribution in [3.63, 3.8) is 0 Å². The van der Waals surface area contributed by atoms with Crippen LogP contribution in [0.3, 0.4) is 0 Å². The van der Waals surface area contributed by atoms with E-state index in [1.165, 1.54) is 11.3 Å². The number of aryl methyl sites for hydroxylation is 1. The third-order valence-corrected chi connectivity index (χ3v) is 5.83. The largest absolute Gasteiger partial charge is 0.457 e. The van der Waals surface area contributed by atoms with Gasteiger partial charge in [0.05, 0.1) is 11.1 Å². The van der Waals surface area contributed by atoms with E-state index in [0.29, 0.717) is 29.3 Å². The van der Waals surface area contributed by atoms with Crippen LogP contribution >= 0.6 is 11.3 Å². The van der Waals surface area contributed by atoms with E-state index in [1.807, 2.05) is 37.3 Å². The van der Waals surface area contributed by atoms with Crippen LogP contribution in [0.1, 0.15) is 20.1 Å². The average Bonchev–Trinajstić information content (AvgIpc) is 3.11. The number of rotatable bonds is 8. The molecule has 3 aromatic rings. The van der Waals surface area contributed by atoms with Crippen LogP contribution in [0.4, 0.5) is 5.69 Å². The number of anilines is 1. The Bertz CT molecular complexity index is 1090. The summed E-state index contributed by atoms with van der Waals surface area (Å²) in [7, 11) is -3.21. The molecule has 29 heavy (non-hydrogen) atoms. The van der Waals surface area contributed by atoms with Gasteiger partial charge in [0.2, 0.25) is 10.0 Å². The topological polar surface area (TPSA) is 84.5 Å². The SMILES string of the molecule is Cc1cccc(Oc2ccc(NC(=O)c3ccc(CCNS(C)(=O)=O)s3)cc2)c1. The van der Waals surface area contributed by atoms with Crippen LogP contribution in [-0.4, -0.2) is 27.1 Å². The number of hydrogen-bond acceptors (Lipinski definition) is 5. The number of nitrogens with one attached hydrogen (secondary N) is 2. The van der Waals surface area contributed by atoms with Crippen LogP contribution in [0.2, 0.25) is 0 Å². The van der Waals surface area contributed by atoms with Gasteiger partial charge in [0.1, 0.15) is 11.5 Å². The van der Waals surface area contributed by atoms with Gasteiger partial charge in [-0.05, 0) is 67.4 Å². The molecule has 6 nitrogen and oxygen atoms in total. The highest BCUT2D eigenvalue weighted by molar-refractivity contribution is 7.88. The van der Waals surface area contributed by atoms with Crippen molar-refractivity contribution in [3.05, 3.63) is 76.0 Å². The van der Waals surface area contributed by atoms with Crippen molar-refractivity contribution in [1.29, 1.82) is 0 Å². The summed E-state index contributed by atoms with van der Waals surface area (Å²) in [5, 5.41) is 2.86. The first-order valence-electron chi connectivity index (χ1n) is 8.98. The highest BCUT2D eigenvalue weighted by atomic mass is 32.2. The van der Waals surface area contributed by atoms with Gasteiger partial charge in [0.25, 0.3) is 5.91 Å². The number of thiophene rings is 1. The van der Waals surface area contributed by atoms with E-state index < -0.39 is 10.0 Å². The van der Waals surface area contributed by atoms with Gasteiger partial charge in [-0.2, -0.15) is 0 Å². The van der Waals surface area contributed by atoms with E-state index >= 15 is 0 Å². The maximum Gasteiger partial charge on any atom is 0.265 e. The molecule has 2 aromatic carbocycles. The Hall–Kier alpha value is -2.68. The lowest BCUT2D eigenvalue weighted by Gasteiger charge is -2.08. The fraction of sp³-hybridized carbons (Fsp3) is 0.190. The lowest BCUT2D eigenvalue weighted by Crippen LogP contribution is -2.24. The van der Waals surface area contributed by atoms with Crippen molar-refractivity contribution in [3.8, 4) is 11.5 Å². The van der Waals surface area contributed by atoms with E-state index in [4.69, 9.17) is 4.74 Å². The zero-order chi connectivity index (χ0) is 20.9. The second kappa shape index (κ2) is 9.21. The molecule has 0 saturated heterocycles. The molecule has 1 heterocycles. The standard InChI is InChI=1S/C21H22N2O4S2/c1-15-4-3-5-18(14-15)27-17-8-6-16(7-9-17)23-21(24)20-11-10-19(28-20)12-13-22-29(2,25)26/h3-11,14,22H,12-13H2,1-2H3,(H,23,24). The molecule has 1 aromatic heterocycles. The van der Waals surface area contributed by atoms with Gasteiger partial charge in [0.15, 0.2) is 0 Å². The first-order valence-corrected chi connectivity index (χ1v) is 11.7. The number of ether oxygens (including phenoxy) is 1. The molecule has 3 rings (SSSR count). The van der Waals surface area contributed by atoms with Crippen LogP contribution in [0.5, 0.6) is 11.5 Å². The lowest BCUT2D eigenvalue weighted by molar-refractivity contribution is 0.103. The second-order valence-electron chi connectivity index (χ2n) is 6.58. The number of carbonyl (C=O) groups is 1. The molecule has 0 radical (unpaired) electrons. The summed E-state index contributed by atoms with van der Waals surface area (Å²) in [5.41, 5.74) is 1.79. The lowest BCUT2D eigenvalue weighted by atomic mass is 10.2. The van der Waals surface area contributed by atoms with Gasteiger partial charge >= 0.3 is 0 Å². The Morgan fingerprint density at radius 1 is 1.03 bits per heavy atom. The molecule has 0 aliphatic carbocycles. The summed E-state index contributed by atoms with van der Waals surface area (Å²) in [6, 6.07) is 18.5. The first-order chi connectivity index (χ1) is 13.8. The number of sulfonamides is 1. The zero-order valence-corrected chi connectivity index (χ0v) is 17.8. The zero-order valence-electron chi connectivity index (χ0n) is 16.1. The van der Waals surface area contributed by atoms with Gasteiger partial charge in [-0.3, -0.25) is 4.79 Å². The summed E-state index contributed by atoms with van der Waals surface area (Å²) in [6.45, 7) is 2.31. The number of hydrogen-bond donors (Lipinski definition) is 2. The van der Waals surface area contributed by atoms with Crippen molar-refractivity contribution in [1.82, 2.24) is 4.72 Å². The van der Waals surface area contributed by atoms with E-state index in [-0.39, 0.29) is 5.91 Å². The Morgan fingerprint density at radius 2 is 1.79 bits per heavy atom. The Morgan fingerprint density at radius 3 is 2.48 bits per heavy atom. The minimum Gasteiger partial charge on any atom is -0.457 e. The van der Waals surface area contributed by atoms with Crippen molar-refractivity contribution >= 4 is 33.0 Å². The maximum absolute atomic E-state index is 12.4. The van der Waals surface area contributed by atoms with Crippen LogP contribution in [-0.2, 0) is 16.4 Å². The molecule has 0 atom stereocenters. The van der Waals surface area contributed by atoms with Gasteiger partial charge < -0.3 is 10.1 Å². The highest BCUT2D eigenvalue weighted by Crippen LogP contribution is 2.24. The molecule has 0 unspecified atom stereocenters. The van der Waals surface area contributed by atoms with Gasteiger partial charge in [-0.25, -0.2) is 13.1 Å². The van der Waals surface area contributed by atoms with Crippen molar-refractivity contribution in [2.45, 2.75) is 13.3 Å². The molecule has 152 valence electrons. The summed E-state index contributed by atoms with van der Waals surface area (Å²) >= 11 is 1.35. The summed E-state index contributed by atoms with van der Waals surface area (Å²) in [5.74, 6) is 1.24. The first kappa shape index (κ1) is 21.0. The van der Waals surface area contributed by atoms with Crippen molar-refractivity contribution in [2.24, 2.45) is 0 Å². The minimum absolute atomic E-state index is 0.204. The molecule has 0 saturated carbocycles. The smallest absolute Gasteiger partial charge is 0.265 e. The molecule has 0 fully saturated rings. The van der Waals surface area contributed by atoms with Crippen LogP contribution in [0, 0.1) is 6.92 Å². The van der Waals surface area contributed by atoms with E-state index in [1.54, 1.807) is 30.3 Å². The van der Waals surface area contributed by atoms with E-state index in [9.17, 15) is 13.2 Å². The Labute approximate surface area is 174 Å². The van der Waals surface area contributed by atoms with Gasteiger partial charge in [-0.1, -0.05) is 12.1 Å². The second-order valence-corrected chi connectivity index (χ2v) is 9.58. The molecular formula is C21H22N2O4S2. The average molecular weight is 431 g/mol. The van der Waals surface area contributed by atoms with Crippen LogP contribution in [0.25, 0.3) is 0 Å². The third kappa shape index (κ3) is 6.70. The van der Waals surface area contributed by atoms with E-state index in [0.717, 1.165) is 22.4 Å². The van der Waals surface area contributed by atoms with Gasteiger partial charge in [0, 0.05) is 17.1 Å². The summed E-state index contributed by atoms with van der Waals surface area (Å²) in [6.07, 6.45) is 1.66. The normalized spacial score (nSPS) is 11.2. The monoisotopic (exact) mass is 430 g/mol. The molecule has 0 spiro atoms. The number of amides is 1. The fourth-order valence-corrected chi connectivity index (χ4v) is 3.98. The number of carbonyl (C=O) groups excluding carboxylic acids is 1. The Balaban J connectivity index is 1.55. The molecule has 8 heteroatoms. The van der Waals surface area contributed by atoms with Gasteiger partial charge in [-0.15, -0.1) is 11.3 Å². The quantitative estimate of drug-likeness (QED) is 0.561.